The van der Waals surface area contributed by atoms with Crippen molar-refractivity contribution in [1.82, 2.24) is 10.2 Å². The lowest BCUT2D eigenvalue weighted by Gasteiger charge is -2.39. The number of nitrogens with one attached hydrogen (secondary N) is 1. The molecular weight excluding hydrogens is 258 g/mol. The van der Waals surface area contributed by atoms with E-state index in [0.717, 1.165) is 13.1 Å². The van der Waals surface area contributed by atoms with E-state index in [1.165, 1.54) is 38.5 Å². The van der Waals surface area contributed by atoms with Crippen molar-refractivity contribution in [1.29, 1.82) is 5.26 Å². The van der Waals surface area contributed by atoms with E-state index in [1.54, 1.807) is 0 Å². The van der Waals surface area contributed by atoms with Crippen molar-refractivity contribution < 1.29 is 0 Å². The Kier molecular flexibility index (Phi) is 5.68. The summed E-state index contributed by atoms with van der Waals surface area (Å²) < 4.78 is 0. The standard InChI is InChI=1S/C18H33N3/c1-14(2)11-21(17-7-5-6-8-17)13-18(12-19,16-9-10-16)20-15(3)4/h14-17,20H,5-11,13H2,1-4H3. The number of nitriles is 1. The van der Waals surface area contributed by atoms with Crippen molar-refractivity contribution in [3.63, 3.8) is 0 Å². The first-order valence-corrected chi connectivity index (χ1v) is 8.90. The molecule has 0 spiro atoms. The van der Waals surface area contributed by atoms with Crippen LogP contribution < -0.4 is 5.32 Å². The molecule has 0 heterocycles. The maximum atomic E-state index is 9.92. The number of hydrogen-bond donors (Lipinski definition) is 1. The smallest absolute Gasteiger partial charge is 0.122 e. The van der Waals surface area contributed by atoms with E-state index < -0.39 is 0 Å². The Morgan fingerprint density at radius 2 is 1.76 bits per heavy atom. The highest BCUT2D eigenvalue weighted by Gasteiger charge is 2.47. The first-order valence-electron chi connectivity index (χ1n) is 8.90. The fourth-order valence-electron chi connectivity index (χ4n) is 3.94. The second-order valence-electron chi connectivity index (χ2n) is 7.92. The van der Waals surface area contributed by atoms with Crippen LogP contribution >= 0.6 is 0 Å². The number of nitrogens with zero attached hydrogens (tertiary/aromatic N) is 2. The van der Waals surface area contributed by atoms with Gasteiger partial charge in [0, 0.05) is 25.2 Å². The van der Waals surface area contributed by atoms with Gasteiger partial charge in [0.2, 0.25) is 0 Å². The summed E-state index contributed by atoms with van der Waals surface area (Å²) in [5.41, 5.74) is -0.328. The quantitative estimate of drug-likeness (QED) is 0.743. The highest BCUT2D eigenvalue weighted by atomic mass is 15.2. The molecule has 2 rings (SSSR count). The first-order chi connectivity index (χ1) is 9.97. The van der Waals surface area contributed by atoms with E-state index >= 15 is 0 Å². The molecule has 2 aliphatic carbocycles. The SMILES string of the molecule is CC(C)CN(CC(C#N)(NC(C)C)C1CC1)C1CCCC1. The normalized spacial score (nSPS) is 23.0. The van der Waals surface area contributed by atoms with Gasteiger partial charge in [0.15, 0.2) is 0 Å². The van der Waals surface area contributed by atoms with E-state index in [-0.39, 0.29) is 5.54 Å². The van der Waals surface area contributed by atoms with Gasteiger partial charge in [0.25, 0.3) is 0 Å². The van der Waals surface area contributed by atoms with Gasteiger partial charge in [-0.3, -0.25) is 10.2 Å². The van der Waals surface area contributed by atoms with Crippen LogP contribution in [0.4, 0.5) is 0 Å². The molecule has 0 aromatic heterocycles. The first kappa shape index (κ1) is 16.8. The molecule has 21 heavy (non-hydrogen) atoms. The molecule has 0 radical (unpaired) electrons. The zero-order valence-corrected chi connectivity index (χ0v) is 14.4. The molecule has 2 fully saturated rings. The predicted octanol–water partition coefficient (Wildman–Crippen LogP) is 3.56. The average Bonchev–Trinajstić information content (AvgIpc) is 3.12. The predicted molar refractivity (Wildman–Crippen MR) is 88.0 cm³/mol. The maximum absolute atomic E-state index is 9.92. The highest BCUT2D eigenvalue weighted by Crippen LogP contribution is 2.41. The van der Waals surface area contributed by atoms with Gasteiger partial charge in [0.1, 0.15) is 5.54 Å². The number of rotatable bonds is 8. The van der Waals surface area contributed by atoms with Gasteiger partial charge in [-0.25, -0.2) is 0 Å². The maximum Gasteiger partial charge on any atom is 0.122 e. The van der Waals surface area contributed by atoms with Crippen molar-refractivity contribution in [2.75, 3.05) is 13.1 Å². The van der Waals surface area contributed by atoms with Gasteiger partial charge in [-0.1, -0.05) is 26.7 Å². The van der Waals surface area contributed by atoms with Crippen molar-refractivity contribution in [2.45, 2.75) is 83.8 Å². The average molecular weight is 291 g/mol. The Bertz CT molecular complexity index is 361. The minimum atomic E-state index is -0.328. The third-order valence-corrected chi connectivity index (χ3v) is 4.91. The minimum absolute atomic E-state index is 0.328. The molecule has 2 saturated carbocycles. The molecule has 1 atom stereocenters. The van der Waals surface area contributed by atoms with Crippen LogP contribution in [0, 0.1) is 23.2 Å². The van der Waals surface area contributed by atoms with Crippen LogP contribution in [-0.4, -0.2) is 35.6 Å². The molecule has 120 valence electrons. The largest absolute Gasteiger partial charge is 0.297 e. The van der Waals surface area contributed by atoms with Crippen molar-refractivity contribution in [2.24, 2.45) is 11.8 Å². The van der Waals surface area contributed by atoms with E-state index in [0.29, 0.717) is 23.9 Å². The summed E-state index contributed by atoms with van der Waals surface area (Å²) in [5.74, 6) is 1.22. The summed E-state index contributed by atoms with van der Waals surface area (Å²) >= 11 is 0. The van der Waals surface area contributed by atoms with Gasteiger partial charge in [-0.2, -0.15) is 5.26 Å². The lowest BCUT2D eigenvalue weighted by molar-refractivity contribution is 0.127. The Hall–Kier alpha value is -0.590. The summed E-state index contributed by atoms with van der Waals surface area (Å²) in [6.45, 7) is 11.0. The summed E-state index contributed by atoms with van der Waals surface area (Å²) in [7, 11) is 0. The monoisotopic (exact) mass is 291 g/mol. The van der Waals surface area contributed by atoms with Gasteiger partial charge >= 0.3 is 0 Å². The molecule has 3 heteroatoms. The van der Waals surface area contributed by atoms with Crippen molar-refractivity contribution in [3.05, 3.63) is 0 Å². The van der Waals surface area contributed by atoms with Crippen LogP contribution in [0.3, 0.4) is 0 Å². The van der Waals surface area contributed by atoms with E-state index in [1.807, 2.05) is 0 Å². The molecule has 0 aliphatic heterocycles. The molecule has 3 nitrogen and oxygen atoms in total. The van der Waals surface area contributed by atoms with E-state index in [9.17, 15) is 5.26 Å². The van der Waals surface area contributed by atoms with Crippen LogP contribution in [0.2, 0.25) is 0 Å². The van der Waals surface area contributed by atoms with E-state index in [2.05, 4.69) is 44.0 Å². The zero-order chi connectivity index (χ0) is 15.5. The summed E-state index contributed by atoms with van der Waals surface area (Å²) in [4.78, 5) is 2.63. The second-order valence-corrected chi connectivity index (χ2v) is 7.92. The third kappa shape index (κ3) is 4.44. The Morgan fingerprint density at radius 3 is 2.19 bits per heavy atom. The lowest BCUT2D eigenvalue weighted by atomic mass is 9.91. The Morgan fingerprint density at radius 1 is 1.14 bits per heavy atom. The molecule has 2 aliphatic rings. The fraction of sp³-hybridized carbons (Fsp3) is 0.944. The highest BCUT2D eigenvalue weighted by molar-refractivity contribution is 5.17. The van der Waals surface area contributed by atoms with Crippen LogP contribution in [-0.2, 0) is 0 Å². The van der Waals surface area contributed by atoms with Gasteiger partial charge in [-0.05, 0) is 51.4 Å². The van der Waals surface area contributed by atoms with Crippen LogP contribution in [0.25, 0.3) is 0 Å². The molecule has 0 amide bonds. The lowest BCUT2D eigenvalue weighted by Crippen LogP contribution is -2.58. The summed E-state index contributed by atoms with van der Waals surface area (Å²) in [6, 6.07) is 3.76. The fourth-order valence-corrected chi connectivity index (χ4v) is 3.94. The summed E-state index contributed by atoms with van der Waals surface area (Å²) in [5, 5.41) is 13.6. The zero-order valence-electron chi connectivity index (χ0n) is 14.4. The van der Waals surface area contributed by atoms with Crippen LogP contribution in [0.5, 0.6) is 0 Å². The van der Waals surface area contributed by atoms with Crippen LogP contribution in [0.1, 0.15) is 66.2 Å². The third-order valence-electron chi connectivity index (χ3n) is 4.91. The Labute approximate surface area is 131 Å². The van der Waals surface area contributed by atoms with Crippen molar-refractivity contribution >= 4 is 0 Å². The van der Waals surface area contributed by atoms with Crippen LogP contribution in [0.15, 0.2) is 0 Å². The second kappa shape index (κ2) is 7.11. The van der Waals surface area contributed by atoms with E-state index in [4.69, 9.17) is 0 Å². The van der Waals surface area contributed by atoms with Gasteiger partial charge < -0.3 is 0 Å². The van der Waals surface area contributed by atoms with Gasteiger partial charge in [-0.15, -0.1) is 0 Å². The minimum Gasteiger partial charge on any atom is -0.297 e. The molecular formula is C18H33N3. The molecule has 0 saturated heterocycles. The molecule has 0 aromatic carbocycles. The van der Waals surface area contributed by atoms with Gasteiger partial charge in [0.05, 0.1) is 6.07 Å². The van der Waals surface area contributed by atoms with Crippen molar-refractivity contribution in [3.8, 4) is 6.07 Å². The molecule has 0 aromatic rings. The molecule has 0 bridgehead atoms. The summed E-state index contributed by atoms with van der Waals surface area (Å²) in [6.07, 6.45) is 7.79. The Balaban J connectivity index is 2.12. The molecule has 1 N–H and O–H groups in total. The number of hydrogen-bond acceptors (Lipinski definition) is 3. The molecule has 1 unspecified atom stereocenters. The topological polar surface area (TPSA) is 39.1 Å².